The monoisotopic (exact) mass is 294 g/mol. The topological polar surface area (TPSA) is 55.1 Å². The van der Waals surface area contributed by atoms with E-state index < -0.39 is 11.9 Å². The van der Waals surface area contributed by atoms with Gasteiger partial charge >= 0.3 is 5.97 Å². The number of hydrogen-bond donors (Lipinski definition) is 1. The molecule has 2 rings (SSSR count). The van der Waals surface area contributed by atoms with Crippen LogP contribution in [0.15, 0.2) is 41.1 Å². The van der Waals surface area contributed by atoms with Crippen molar-refractivity contribution in [2.24, 2.45) is 0 Å². The molecule has 88 valence electrons. The average Bonchev–Trinajstić information content (AvgIpc) is 2.77. The van der Waals surface area contributed by atoms with Crippen LogP contribution in [0.3, 0.4) is 0 Å². The summed E-state index contributed by atoms with van der Waals surface area (Å²) in [6.45, 7) is 1.64. The summed E-state index contributed by atoms with van der Waals surface area (Å²) in [5.41, 5.74) is 1.58. The van der Waals surface area contributed by atoms with Gasteiger partial charge in [0.05, 0.1) is 17.8 Å². The van der Waals surface area contributed by atoms with Gasteiger partial charge in [-0.2, -0.15) is 5.10 Å². The quantitative estimate of drug-likeness (QED) is 0.947. The number of benzene rings is 1. The highest BCUT2D eigenvalue weighted by Crippen LogP contribution is 2.18. The first kappa shape index (κ1) is 11.9. The molecule has 0 aliphatic rings. The molecule has 0 radical (unpaired) electrons. The van der Waals surface area contributed by atoms with Crippen molar-refractivity contribution in [3.63, 3.8) is 0 Å². The van der Waals surface area contributed by atoms with Gasteiger partial charge in [-0.3, -0.25) is 4.79 Å². The molecule has 17 heavy (non-hydrogen) atoms. The van der Waals surface area contributed by atoms with Crippen molar-refractivity contribution in [1.29, 1.82) is 0 Å². The predicted octanol–water partition coefficient (Wildman–Crippen LogP) is 2.82. The van der Waals surface area contributed by atoms with Gasteiger partial charge in [-0.25, -0.2) is 4.68 Å². The normalized spacial score (nSPS) is 12.4. The molecular weight excluding hydrogens is 284 g/mol. The Morgan fingerprint density at radius 2 is 2.29 bits per heavy atom. The van der Waals surface area contributed by atoms with Crippen molar-refractivity contribution < 1.29 is 9.90 Å². The summed E-state index contributed by atoms with van der Waals surface area (Å²) in [4.78, 5) is 10.9. The van der Waals surface area contributed by atoms with Gasteiger partial charge in [-0.1, -0.05) is 22.0 Å². The molecule has 0 saturated heterocycles. The van der Waals surface area contributed by atoms with Crippen LogP contribution in [0.25, 0.3) is 5.69 Å². The van der Waals surface area contributed by atoms with Gasteiger partial charge < -0.3 is 5.11 Å². The molecule has 0 amide bonds. The molecule has 0 fully saturated rings. The van der Waals surface area contributed by atoms with Gasteiger partial charge in [-0.15, -0.1) is 0 Å². The standard InChI is InChI=1S/C12H11BrN2O2/c1-8(12(16)17)9-6-14-15(7-9)11-4-2-3-10(13)5-11/h2-8H,1H3,(H,16,17). The molecular formula is C12H11BrN2O2. The first-order valence-electron chi connectivity index (χ1n) is 5.11. The van der Waals surface area contributed by atoms with Crippen LogP contribution < -0.4 is 0 Å². The Kier molecular flexibility index (Phi) is 3.28. The van der Waals surface area contributed by atoms with Crippen molar-refractivity contribution in [2.45, 2.75) is 12.8 Å². The van der Waals surface area contributed by atoms with Gasteiger partial charge in [0.15, 0.2) is 0 Å². The van der Waals surface area contributed by atoms with E-state index in [0.717, 1.165) is 10.2 Å². The minimum atomic E-state index is -0.848. The maximum atomic E-state index is 10.9. The van der Waals surface area contributed by atoms with Gasteiger partial charge in [0.25, 0.3) is 0 Å². The number of aliphatic carboxylic acids is 1. The lowest BCUT2D eigenvalue weighted by molar-refractivity contribution is -0.138. The minimum Gasteiger partial charge on any atom is -0.481 e. The third-order valence-electron chi connectivity index (χ3n) is 2.55. The van der Waals surface area contributed by atoms with Crippen LogP contribution in [0, 0.1) is 0 Å². The number of carbonyl (C=O) groups is 1. The van der Waals surface area contributed by atoms with Crippen molar-refractivity contribution in [2.75, 3.05) is 0 Å². The minimum absolute atomic E-state index is 0.545. The first-order valence-corrected chi connectivity index (χ1v) is 5.90. The second-order valence-electron chi connectivity index (χ2n) is 3.76. The van der Waals surface area contributed by atoms with Crippen LogP contribution >= 0.6 is 15.9 Å². The highest BCUT2D eigenvalue weighted by atomic mass is 79.9. The molecule has 1 heterocycles. The van der Waals surface area contributed by atoms with E-state index >= 15 is 0 Å². The lowest BCUT2D eigenvalue weighted by atomic mass is 10.1. The third-order valence-corrected chi connectivity index (χ3v) is 3.04. The maximum absolute atomic E-state index is 10.9. The Morgan fingerprint density at radius 3 is 2.94 bits per heavy atom. The van der Waals surface area contributed by atoms with E-state index in [1.807, 2.05) is 24.3 Å². The van der Waals surface area contributed by atoms with Crippen LogP contribution in [-0.2, 0) is 4.79 Å². The Labute approximate surface area is 107 Å². The van der Waals surface area contributed by atoms with Gasteiger partial charge in [0, 0.05) is 16.2 Å². The summed E-state index contributed by atoms with van der Waals surface area (Å²) in [5.74, 6) is -1.39. The Balaban J connectivity index is 2.33. The molecule has 5 heteroatoms. The van der Waals surface area contributed by atoms with E-state index in [-0.39, 0.29) is 0 Å². The molecule has 4 nitrogen and oxygen atoms in total. The molecule has 0 saturated carbocycles. The highest BCUT2D eigenvalue weighted by molar-refractivity contribution is 9.10. The number of hydrogen-bond acceptors (Lipinski definition) is 2. The number of halogens is 1. The maximum Gasteiger partial charge on any atom is 0.310 e. The van der Waals surface area contributed by atoms with Gasteiger partial charge in [0.1, 0.15) is 0 Å². The van der Waals surface area contributed by atoms with Crippen molar-refractivity contribution >= 4 is 21.9 Å². The number of rotatable bonds is 3. The molecule has 1 atom stereocenters. The summed E-state index contributed by atoms with van der Waals surface area (Å²) < 4.78 is 2.62. The van der Waals surface area contributed by atoms with Crippen molar-refractivity contribution in [3.8, 4) is 5.69 Å². The highest BCUT2D eigenvalue weighted by Gasteiger charge is 2.15. The van der Waals surface area contributed by atoms with Crippen LogP contribution in [0.2, 0.25) is 0 Å². The Bertz CT molecular complexity index is 551. The zero-order valence-corrected chi connectivity index (χ0v) is 10.8. The van der Waals surface area contributed by atoms with E-state index in [0.29, 0.717) is 5.56 Å². The number of carboxylic acid groups (broad SMARTS) is 1. The fourth-order valence-corrected chi connectivity index (χ4v) is 1.85. The van der Waals surface area contributed by atoms with E-state index in [1.165, 1.54) is 0 Å². The van der Waals surface area contributed by atoms with Gasteiger partial charge in [-0.05, 0) is 25.1 Å². The molecule has 1 aromatic heterocycles. The number of aromatic nitrogens is 2. The fraction of sp³-hybridized carbons (Fsp3) is 0.167. The van der Waals surface area contributed by atoms with Crippen LogP contribution in [0.1, 0.15) is 18.4 Å². The molecule has 1 aromatic carbocycles. The molecule has 1 N–H and O–H groups in total. The smallest absolute Gasteiger partial charge is 0.310 e. The number of nitrogens with zero attached hydrogens (tertiary/aromatic N) is 2. The van der Waals surface area contributed by atoms with Crippen molar-refractivity contribution in [1.82, 2.24) is 9.78 Å². The second kappa shape index (κ2) is 4.71. The lowest BCUT2D eigenvalue weighted by Gasteiger charge is -2.02. The summed E-state index contributed by atoms with van der Waals surface area (Å²) in [6, 6.07) is 7.66. The zero-order chi connectivity index (χ0) is 12.4. The van der Waals surface area contributed by atoms with E-state index in [1.54, 1.807) is 24.0 Å². The number of carboxylic acids is 1. The summed E-state index contributed by atoms with van der Waals surface area (Å²) in [5, 5.41) is 13.1. The molecule has 0 aliphatic heterocycles. The summed E-state index contributed by atoms with van der Waals surface area (Å²) in [7, 11) is 0. The largest absolute Gasteiger partial charge is 0.481 e. The first-order chi connectivity index (χ1) is 8.08. The molecule has 1 unspecified atom stereocenters. The van der Waals surface area contributed by atoms with Crippen LogP contribution in [-0.4, -0.2) is 20.9 Å². The lowest BCUT2D eigenvalue weighted by Crippen LogP contribution is -2.06. The van der Waals surface area contributed by atoms with Gasteiger partial charge in [0.2, 0.25) is 0 Å². The summed E-state index contributed by atoms with van der Waals surface area (Å²) >= 11 is 3.38. The predicted molar refractivity (Wildman–Crippen MR) is 67.3 cm³/mol. The zero-order valence-electron chi connectivity index (χ0n) is 9.17. The molecule has 0 aliphatic carbocycles. The van der Waals surface area contributed by atoms with Crippen molar-refractivity contribution in [3.05, 3.63) is 46.7 Å². The molecule has 0 bridgehead atoms. The van der Waals surface area contributed by atoms with E-state index in [2.05, 4.69) is 21.0 Å². The van der Waals surface area contributed by atoms with E-state index in [9.17, 15) is 4.79 Å². The second-order valence-corrected chi connectivity index (χ2v) is 4.67. The van der Waals surface area contributed by atoms with Crippen LogP contribution in [0.4, 0.5) is 0 Å². The Morgan fingerprint density at radius 1 is 1.53 bits per heavy atom. The van der Waals surface area contributed by atoms with Crippen LogP contribution in [0.5, 0.6) is 0 Å². The summed E-state index contributed by atoms with van der Waals surface area (Å²) in [6.07, 6.45) is 3.32. The Hall–Kier alpha value is -1.62. The third kappa shape index (κ3) is 2.55. The molecule has 2 aromatic rings. The molecule has 0 spiro atoms. The van der Waals surface area contributed by atoms with E-state index in [4.69, 9.17) is 5.11 Å². The fourth-order valence-electron chi connectivity index (χ4n) is 1.46. The SMILES string of the molecule is CC(C(=O)O)c1cnn(-c2cccc(Br)c2)c1. The average molecular weight is 295 g/mol.